The number of ether oxygens (including phenoxy) is 2. The Kier molecular flexibility index (Phi) is 5.95. The van der Waals surface area contributed by atoms with Crippen molar-refractivity contribution in [3.8, 4) is 0 Å². The monoisotopic (exact) mass is 290 g/mol. The third-order valence-electron chi connectivity index (χ3n) is 4.26. The summed E-state index contributed by atoms with van der Waals surface area (Å²) in [7, 11) is 1.74. The minimum atomic E-state index is 0.0600. The molecule has 0 saturated heterocycles. The van der Waals surface area contributed by atoms with Crippen LogP contribution in [0.15, 0.2) is 24.3 Å². The summed E-state index contributed by atoms with van der Waals surface area (Å²) in [5.41, 5.74) is 1.99. The fourth-order valence-corrected chi connectivity index (χ4v) is 2.80. The van der Waals surface area contributed by atoms with Crippen molar-refractivity contribution in [1.82, 2.24) is 0 Å². The van der Waals surface area contributed by atoms with Gasteiger partial charge < -0.3 is 9.47 Å². The number of carbonyl (C=O) groups excluding carboxylic acids is 1. The first-order valence-electron chi connectivity index (χ1n) is 7.87. The zero-order valence-electron chi connectivity index (χ0n) is 13.3. The van der Waals surface area contributed by atoms with Crippen LogP contribution < -0.4 is 0 Å². The molecule has 1 aromatic rings. The molecule has 0 spiro atoms. The number of ketones is 1. The minimum absolute atomic E-state index is 0.0600. The Morgan fingerprint density at radius 1 is 1.19 bits per heavy atom. The van der Waals surface area contributed by atoms with E-state index in [0.29, 0.717) is 5.92 Å². The van der Waals surface area contributed by atoms with Gasteiger partial charge in [-0.2, -0.15) is 0 Å². The van der Waals surface area contributed by atoms with Crippen LogP contribution in [-0.4, -0.2) is 31.7 Å². The SMILES string of the molecule is COC1CCCC(OCC(=O)c2ccc(C(C)C)cc2)C1. The molecule has 0 aromatic heterocycles. The molecule has 0 aliphatic heterocycles. The van der Waals surface area contributed by atoms with E-state index in [9.17, 15) is 4.79 Å². The molecule has 0 N–H and O–H groups in total. The van der Waals surface area contributed by atoms with Gasteiger partial charge >= 0.3 is 0 Å². The van der Waals surface area contributed by atoms with Crippen LogP contribution >= 0.6 is 0 Å². The highest BCUT2D eigenvalue weighted by molar-refractivity contribution is 5.97. The van der Waals surface area contributed by atoms with Crippen LogP contribution in [0.3, 0.4) is 0 Å². The molecule has 0 heterocycles. The highest BCUT2D eigenvalue weighted by Crippen LogP contribution is 2.23. The lowest BCUT2D eigenvalue weighted by molar-refractivity contribution is -0.0243. The van der Waals surface area contributed by atoms with E-state index in [2.05, 4.69) is 13.8 Å². The standard InChI is InChI=1S/C18H26O3/c1-13(2)14-7-9-15(10-8-14)18(19)12-21-17-6-4-5-16(11-17)20-3/h7-10,13,16-17H,4-6,11-12H2,1-3H3. The van der Waals surface area contributed by atoms with Crippen LogP contribution in [0.4, 0.5) is 0 Å². The second-order valence-corrected chi connectivity index (χ2v) is 6.16. The predicted molar refractivity (Wildman–Crippen MR) is 83.9 cm³/mol. The topological polar surface area (TPSA) is 35.5 Å². The molecule has 2 rings (SSSR count). The van der Waals surface area contributed by atoms with Gasteiger partial charge in [0.1, 0.15) is 6.61 Å². The van der Waals surface area contributed by atoms with Gasteiger partial charge in [-0.3, -0.25) is 4.79 Å². The van der Waals surface area contributed by atoms with Crippen LogP contribution in [0.25, 0.3) is 0 Å². The molecule has 1 fully saturated rings. The molecule has 21 heavy (non-hydrogen) atoms. The van der Waals surface area contributed by atoms with E-state index in [4.69, 9.17) is 9.47 Å². The molecule has 3 nitrogen and oxygen atoms in total. The van der Waals surface area contributed by atoms with Crippen molar-refractivity contribution in [2.24, 2.45) is 0 Å². The third kappa shape index (κ3) is 4.65. The summed E-state index contributed by atoms with van der Waals surface area (Å²) in [6.45, 7) is 4.46. The molecule has 116 valence electrons. The quantitative estimate of drug-likeness (QED) is 0.744. The number of Topliss-reactive ketones (excluding diaryl/α,β-unsaturated/α-hetero) is 1. The average Bonchev–Trinajstić information content (AvgIpc) is 2.53. The summed E-state index contributed by atoms with van der Waals surface area (Å²) in [5.74, 6) is 0.545. The molecule has 0 radical (unpaired) electrons. The van der Waals surface area contributed by atoms with E-state index in [1.54, 1.807) is 7.11 Å². The van der Waals surface area contributed by atoms with Gasteiger partial charge in [-0.25, -0.2) is 0 Å². The predicted octanol–water partition coefficient (Wildman–Crippen LogP) is 3.97. The maximum Gasteiger partial charge on any atom is 0.188 e. The van der Waals surface area contributed by atoms with Gasteiger partial charge in [0.05, 0.1) is 12.2 Å². The number of carbonyl (C=O) groups is 1. The van der Waals surface area contributed by atoms with Crippen LogP contribution in [0.5, 0.6) is 0 Å². The van der Waals surface area contributed by atoms with E-state index in [1.807, 2.05) is 24.3 Å². The van der Waals surface area contributed by atoms with Gasteiger partial charge in [-0.1, -0.05) is 38.1 Å². The van der Waals surface area contributed by atoms with Crippen molar-refractivity contribution in [2.75, 3.05) is 13.7 Å². The number of benzene rings is 1. The van der Waals surface area contributed by atoms with Crippen molar-refractivity contribution in [1.29, 1.82) is 0 Å². The third-order valence-corrected chi connectivity index (χ3v) is 4.26. The second-order valence-electron chi connectivity index (χ2n) is 6.16. The van der Waals surface area contributed by atoms with Gasteiger partial charge in [0.15, 0.2) is 5.78 Å². The Balaban J connectivity index is 1.84. The van der Waals surface area contributed by atoms with Crippen LogP contribution in [0.2, 0.25) is 0 Å². The molecule has 1 aliphatic carbocycles. The van der Waals surface area contributed by atoms with Gasteiger partial charge in [0.2, 0.25) is 0 Å². The van der Waals surface area contributed by atoms with E-state index >= 15 is 0 Å². The molecule has 1 aromatic carbocycles. The number of hydrogen-bond acceptors (Lipinski definition) is 3. The fourth-order valence-electron chi connectivity index (χ4n) is 2.80. The van der Waals surface area contributed by atoms with Crippen molar-refractivity contribution in [2.45, 2.75) is 57.7 Å². The normalized spacial score (nSPS) is 22.5. The highest BCUT2D eigenvalue weighted by atomic mass is 16.5. The minimum Gasteiger partial charge on any atom is -0.381 e. The molecule has 3 heteroatoms. The van der Waals surface area contributed by atoms with Gasteiger partial charge in [-0.05, 0) is 37.2 Å². The molecule has 2 unspecified atom stereocenters. The molecular formula is C18H26O3. The van der Waals surface area contributed by atoms with Gasteiger partial charge in [0.25, 0.3) is 0 Å². The fraction of sp³-hybridized carbons (Fsp3) is 0.611. The number of hydrogen-bond donors (Lipinski definition) is 0. The van der Waals surface area contributed by atoms with Crippen molar-refractivity contribution in [3.05, 3.63) is 35.4 Å². The summed E-state index contributed by atoms with van der Waals surface area (Å²) in [5, 5.41) is 0. The Morgan fingerprint density at radius 2 is 1.86 bits per heavy atom. The summed E-state index contributed by atoms with van der Waals surface area (Å²) >= 11 is 0. The zero-order valence-corrected chi connectivity index (χ0v) is 13.3. The highest BCUT2D eigenvalue weighted by Gasteiger charge is 2.23. The maximum absolute atomic E-state index is 12.2. The second kappa shape index (κ2) is 7.71. The maximum atomic E-state index is 12.2. The van der Waals surface area contributed by atoms with Crippen molar-refractivity contribution >= 4 is 5.78 Å². The first kappa shape index (κ1) is 16.2. The van der Waals surface area contributed by atoms with E-state index in [1.165, 1.54) is 5.56 Å². The Morgan fingerprint density at radius 3 is 2.48 bits per heavy atom. The summed E-state index contributed by atoms with van der Waals surface area (Å²) < 4.78 is 11.2. The van der Waals surface area contributed by atoms with E-state index < -0.39 is 0 Å². The molecule has 1 aliphatic rings. The molecule has 2 atom stereocenters. The van der Waals surface area contributed by atoms with Crippen LogP contribution in [0.1, 0.15) is 61.4 Å². The number of methoxy groups -OCH3 is 1. The Labute approximate surface area is 127 Å². The largest absolute Gasteiger partial charge is 0.381 e. The average molecular weight is 290 g/mol. The molecule has 0 bridgehead atoms. The molecule has 1 saturated carbocycles. The van der Waals surface area contributed by atoms with Crippen molar-refractivity contribution in [3.63, 3.8) is 0 Å². The van der Waals surface area contributed by atoms with E-state index in [0.717, 1.165) is 31.2 Å². The molecular weight excluding hydrogens is 264 g/mol. The Hall–Kier alpha value is -1.19. The zero-order chi connectivity index (χ0) is 15.2. The smallest absolute Gasteiger partial charge is 0.188 e. The number of rotatable bonds is 6. The summed E-state index contributed by atoms with van der Waals surface area (Å²) in [6, 6.07) is 7.86. The first-order chi connectivity index (χ1) is 10.1. The lowest BCUT2D eigenvalue weighted by atomic mass is 9.95. The lowest BCUT2D eigenvalue weighted by Gasteiger charge is -2.27. The molecule has 0 amide bonds. The van der Waals surface area contributed by atoms with E-state index in [-0.39, 0.29) is 24.6 Å². The Bertz CT molecular complexity index is 450. The van der Waals surface area contributed by atoms with Crippen molar-refractivity contribution < 1.29 is 14.3 Å². The van der Waals surface area contributed by atoms with Crippen LogP contribution in [-0.2, 0) is 9.47 Å². The summed E-state index contributed by atoms with van der Waals surface area (Å²) in [6.07, 6.45) is 4.57. The summed E-state index contributed by atoms with van der Waals surface area (Å²) in [4.78, 5) is 12.2. The first-order valence-corrected chi connectivity index (χ1v) is 7.87. The lowest BCUT2D eigenvalue weighted by Crippen LogP contribution is -2.29. The van der Waals surface area contributed by atoms with Crippen LogP contribution in [0, 0.1) is 0 Å². The van der Waals surface area contributed by atoms with Gasteiger partial charge in [-0.15, -0.1) is 0 Å². The van der Waals surface area contributed by atoms with Gasteiger partial charge in [0, 0.05) is 12.7 Å².